The Morgan fingerprint density at radius 2 is 1.83 bits per heavy atom. The highest BCUT2D eigenvalue weighted by molar-refractivity contribution is 5.96. The lowest BCUT2D eigenvalue weighted by molar-refractivity contribution is -0.137. The third kappa shape index (κ3) is 3.83. The number of nitrogens with one attached hydrogen (secondary N) is 1. The minimum atomic E-state index is -4.43. The van der Waals surface area contributed by atoms with Crippen LogP contribution in [-0.4, -0.2) is 32.2 Å². The molecule has 132 valence electrons. The first-order chi connectivity index (χ1) is 11.4. The van der Waals surface area contributed by atoms with Crippen LogP contribution in [0.15, 0.2) is 18.2 Å². The Labute approximate surface area is 139 Å². The number of amides is 1. The minimum Gasteiger partial charge on any atom is -0.381 e. The van der Waals surface area contributed by atoms with E-state index in [4.69, 9.17) is 4.74 Å². The fraction of sp³-hybridized carbons (Fsp3) is 0.588. The molecule has 3 rings (SSSR count). The molecule has 4 nitrogen and oxygen atoms in total. The van der Waals surface area contributed by atoms with Gasteiger partial charge in [0.15, 0.2) is 0 Å². The van der Waals surface area contributed by atoms with Gasteiger partial charge in [0.05, 0.1) is 16.9 Å². The molecule has 2 fully saturated rings. The molecule has 0 unspecified atom stereocenters. The van der Waals surface area contributed by atoms with E-state index in [9.17, 15) is 18.0 Å². The van der Waals surface area contributed by atoms with Crippen molar-refractivity contribution in [2.75, 3.05) is 36.5 Å². The maximum atomic E-state index is 13.0. The Bertz CT molecular complexity index is 592. The molecule has 7 heteroatoms. The summed E-state index contributed by atoms with van der Waals surface area (Å²) in [6.07, 6.45) is -1.21. The Morgan fingerprint density at radius 1 is 1.17 bits per heavy atom. The van der Waals surface area contributed by atoms with Gasteiger partial charge in [-0.05, 0) is 43.9 Å². The highest BCUT2D eigenvalue weighted by Gasteiger charge is 2.32. The largest absolute Gasteiger partial charge is 0.416 e. The first-order valence-corrected chi connectivity index (χ1v) is 8.30. The molecule has 1 amide bonds. The van der Waals surface area contributed by atoms with Crippen LogP contribution < -0.4 is 10.2 Å². The summed E-state index contributed by atoms with van der Waals surface area (Å²) in [5.74, 6) is -0.433. The highest BCUT2D eigenvalue weighted by Crippen LogP contribution is 2.37. The third-order valence-corrected chi connectivity index (χ3v) is 4.62. The molecule has 0 radical (unpaired) electrons. The molecule has 0 bridgehead atoms. The summed E-state index contributed by atoms with van der Waals surface area (Å²) >= 11 is 0. The van der Waals surface area contributed by atoms with Gasteiger partial charge in [0.25, 0.3) is 0 Å². The van der Waals surface area contributed by atoms with E-state index in [1.54, 1.807) is 0 Å². The zero-order valence-corrected chi connectivity index (χ0v) is 13.4. The number of alkyl halides is 3. The van der Waals surface area contributed by atoms with Crippen LogP contribution in [0.1, 0.15) is 31.2 Å². The van der Waals surface area contributed by atoms with Crippen molar-refractivity contribution in [3.8, 4) is 0 Å². The van der Waals surface area contributed by atoms with Gasteiger partial charge in [-0.3, -0.25) is 4.79 Å². The number of carbonyl (C=O) groups is 1. The van der Waals surface area contributed by atoms with E-state index >= 15 is 0 Å². The molecule has 2 aliphatic rings. The van der Waals surface area contributed by atoms with E-state index in [-0.39, 0.29) is 17.5 Å². The van der Waals surface area contributed by atoms with Crippen LogP contribution in [0.3, 0.4) is 0 Å². The SMILES string of the molecule is O=C(Nc1cc(C(F)(F)F)ccc1N1CCCC1)C1CCOCC1. The number of hydrogen-bond acceptors (Lipinski definition) is 3. The maximum Gasteiger partial charge on any atom is 0.416 e. The van der Waals surface area contributed by atoms with Gasteiger partial charge in [0.1, 0.15) is 0 Å². The molecule has 0 atom stereocenters. The van der Waals surface area contributed by atoms with Gasteiger partial charge >= 0.3 is 6.18 Å². The first-order valence-electron chi connectivity index (χ1n) is 8.30. The second kappa shape index (κ2) is 7.01. The molecule has 2 heterocycles. The van der Waals surface area contributed by atoms with Gasteiger partial charge in [-0.15, -0.1) is 0 Å². The zero-order chi connectivity index (χ0) is 17.2. The van der Waals surface area contributed by atoms with Crippen LogP contribution in [0.25, 0.3) is 0 Å². The van der Waals surface area contributed by atoms with Crippen LogP contribution in [-0.2, 0) is 15.7 Å². The van der Waals surface area contributed by atoms with Gasteiger partial charge in [0, 0.05) is 32.2 Å². The van der Waals surface area contributed by atoms with E-state index in [2.05, 4.69) is 5.32 Å². The molecule has 1 aromatic carbocycles. The first kappa shape index (κ1) is 17.1. The second-order valence-electron chi connectivity index (χ2n) is 6.30. The zero-order valence-electron chi connectivity index (χ0n) is 13.4. The van der Waals surface area contributed by atoms with E-state index in [1.807, 2.05) is 4.90 Å². The summed E-state index contributed by atoms with van der Waals surface area (Å²) < 4.78 is 44.3. The predicted molar refractivity (Wildman–Crippen MR) is 85.1 cm³/mol. The lowest BCUT2D eigenvalue weighted by Gasteiger charge is -2.25. The summed E-state index contributed by atoms with van der Waals surface area (Å²) in [7, 11) is 0. The number of halogens is 3. The van der Waals surface area contributed by atoms with Gasteiger partial charge in [-0.25, -0.2) is 0 Å². The Balaban J connectivity index is 1.85. The molecule has 0 aromatic heterocycles. The summed E-state index contributed by atoms with van der Waals surface area (Å²) in [6, 6.07) is 3.59. The van der Waals surface area contributed by atoms with Crippen molar-refractivity contribution >= 4 is 17.3 Å². The Hall–Kier alpha value is -1.76. The summed E-state index contributed by atoms with van der Waals surface area (Å²) in [5, 5.41) is 2.73. The van der Waals surface area contributed by atoms with Crippen molar-refractivity contribution in [2.24, 2.45) is 5.92 Å². The lowest BCUT2D eigenvalue weighted by atomic mass is 9.99. The summed E-state index contributed by atoms with van der Waals surface area (Å²) in [6.45, 7) is 2.62. The second-order valence-corrected chi connectivity index (χ2v) is 6.30. The van der Waals surface area contributed by atoms with Crippen LogP contribution in [0.2, 0.25) is 0 Å². The molecular weight excluding hydrogens is 321 g/mol. The number of carbonyl (C=O) groups excluding carboxylic acids is 1. The van der Waals surface area contributed by atoms with Crippen LogP contribution in [0, 0.1) is 5.92 Å². The van der Waals surface area contributed by atoms with Crippen molar-refractivity contribution in [1.82, 2.24) is 0 Å². The fourth-order valence-electron chi connectivity index (χ4n) is 3.24. The number of anilines is 2. The van der Waals surface area contributed by atoms with Crippen LogP contribution >= 0.6 is 0 Å². The van der Waals surface area contributed by atoms with Crippen molar-refractivity contribution in [3.05, 3.63) is 23.8 Å². The molecule has 24 heavy (non-hydrogen) atoms. The van der Waals surface area contributed by atoms with E-state index in [1.165, 1.54) is 6.07 Å². The van der Waals surface area contributed by atoms with Crippen molar-refractivity contribution in [2.45, 2.75) is 31.9 Å². The average molecular weight is 342 g/mol. The number of rotatable bonds is 3. The van der Waals surface area contributed by atoms with Crippen molar-refractivity contribution in [3.63, 3.8) is 0 Å². The van der Waals surface area contributed by atoms with Gasteiger partial charge in [0.2, 0.25) is 5.91 Å². The molecule has 0 spiro atoms. The maximum absolute atomic E-state index is 13.0. The van der Waals surface area contributed by atoms with Gasteiger partial charge in [-0.2, -0.15) is 13.2 Å². The summed E-state index contributed by atoms with van der Waals surface area (Å²) in [4.78, 5) is 14.5. The molecule has 1 aromatic rings. The smallest absolute Gasteiger partial charge is 0.381 e. The number of nitrogens with zero attached hydrogens (tertiary/aromatic N) is 1. The topological polar surface area (TPSA) is 41.6 Å². The Morgan fingerprint density at radius 3 is 2.46 bits per heavy atom. The van der Waals surface area contributed by atoms with Gasteiger partial charge < -0.3 is 15.0 Å². The molecule has 0 aliphatic carbocycles. The normalized spacial score (nSPS) is 19.5. The fourth-order valence-corrected chi connectivity index (χ4v) is 3.24. The Kier molecular flexibility index (Phi) is 4.99. The standard InChI is InChI=1S/C17H21F3N2O2/c18-17(19,20)13-3-4-15(22-7-1-2-8-22)14(11-13)21-16(23)12-5-9-24-10-6-12/h3-4,11-12H,1-2,5-10H2,(H,21,23). The van der Waals surface area contributed by atoms with Gasteiger partial charge in [-0.1, -0.05) is 0 Å². The third-order valence-electron chi connectivity index (χ3n) is 4.62. The number of ether oxygens (including phenoxy) is 1. The monoisotopic (exact) mass is 342 g/mol. The lowest BCUT2D eigenvalue weighted by Crippen LogP contribution is -2.29. The van der Waals surface area contributed by atoms with E-state index in [0.717, 1.165) is 38.1 Å². The van der Waals surface area contributed by atoms with E-state index < -0.39 is 11.7 Å². The minimum absolute atomic E-state index is 0.209. The predicted octanol–water partition coefficient (Wildman–Crippen LogP) is 3.67. The molecule has 0 saturated carbocycles. The van der Waals surface area contributed by atoms with Crippen molar-refractivity contribution < 1.29 is 22.7 Å². The number of benzene rings is 1. The molecule has 2 saturated heterocycles. The molecular formula is C17H21F3N2O2. The summed E-state index contributed by atoms with van der Waals surface area (Å²) in [5.41, 5.74) is 0.178. The molecule has 2 aliphatic heterocycles. The van der Waals surface area contributed by atoms with Crippen LogP contribution in [0.4, 0.5) is 24.5 Å². The van der Waals surface area contributed by atoms with Crippen molar-refractivity contribution in [1.29, 1.82) is 0 Å². The quantitative estimate of drug-likeness (QED) is 0.911. The molecule has 1 N–H and O–H groups in total. The van der Waals surface area contributed by atoms with E-state index in [0.29, 0.717) is 31.7 Å². The average Bonchev–Trinajstić information content (AvgIpc) is 3.09. The highest BCUT2D eigenvalue weighted by atomic mass is 19.4. The number of hydrogen-bond donors (Lipinski definition) is 1. The van der Waals surface area contributed by atoms with Crippen LogP contribution in [0.5, 0.6) is 0 Å².